The van der Waals surface area contributed by atoms with Gasteiger partial charge in [-0.15, -0.1) is 0 Å². The number of carbonyl (C=O) groups excluding carboxylic acids is 2. The van der Waals surface area contributed by atoms with Gasteiger partial charge in [-0.1, -0.05) is 18.7 Å². The number of amides is 2. The summed E-state index contributed by atoms with van der Waals surface area (Å²) < 4.78 is 33.1. The van der Waals surface area contributed by atoms with Crippen LogP contribution in [0.25, 0.3) is 0 Å². The van der Waals surface area contributed by atoms with Gasteiger partial charge in [0.25, 0.3) is 5.91 Å². The number of nitrogens with one attached hydrogen (secondary N) is 2. The number of ether oxygens (including phenoxy) is 1. The lowest BCUT2D eigenvalue weighted by molar-refractivity contribution is -0.116. The van der Waals surface area contributed by atoms with E-state index in [2.05, 4.69) is 23.3 Å². The van der Waals surface area contributed by atoms with Crippen molar-refractivity contribution in [3.8, 4) is 5.75 Å². The molecule has 1 aliphatic carbocycles. The zero-order valence-electron chi connectivity index (χ0n) is 18.7. The number of rotatable bonds is 7. The molecule has 2 aliphatic heterocycles. The Hall–Kier alpha value is -3.17. The molecule has 0 spiro atoms. The maximum Gasteiger partial charge on any atom is 0.251 e. The monoisotopic (exact) mass is 481 g/mol. The molecule has 2 heterocycles. The summed E-state index contributed by atoms with van der Waals surface area (Å²) in [5.41, 5.74) is 2.55. The Balaban J connectivity index is 1.17. The highest BCUT2D eigenvalue weighted by Crippen LogP contribution is 2.47. The maximum atomic E-state index is 13.0. The molecular formula is C25H27N3O5S. The lowest BCUT2D eigenvalue weighted by Gasteiger charge is -2.20. The van der Waals surface area contributed by atoms with Gasteiger partial charge in [-0.2, -0.15) is 4.31 Å². The molecule has 0 bridgehead atoms. The van der Waals surface area contributed by atoms with E-state index in [1.54, 1.807) is 0 Å². The number of hydrogen-bond donors (Lipinski definition) is 2. The van der Waals surface area contributed by atoms with Crippen molar-refractivity contribution in [1.82, 2.24) is 14.9 Å². The second-order valence-electron chi connectivity index (χ2n) is 8.99. The molecule has 2 N–H and O–H groups in total. The first-order valence-electron chi connectivity index (χ1n) is 11.4. The van der Waals surface area contributed by atoms with Crippen LogP contribution in [-0.4, -0.2) is 50.3 Å². The van der Waals surface area contributed by atoms with Crippen molar-refractivity contribution in [2.75, 3.05) is 19.7 Å². The van der Waals surface area contributed by atoms with Crippen LogP contribution in [0.5, 0.6) is 5.75 Å². The smallest absolute Gasteiger partial charge is 0.251 e. The first-order chi connectivity index (χ1) is 16.4. The molecule has 9 heteroatoms. The summed E-state index contributed by atoms with van der Waals surface area (Å²) in [4.78, 5) is 24.2. The summed E-state index contributed by atoms with van der Waals surface area (Å²) in [6, 6.07) is 12.0. The van der Waals surface area contributed by atoms with E-state index >= 15 is 0 Å². The highest BCUT2D eigenvalue weighted by molar-refractivity contribution is 7.89. The number of sulfonamides is 1. The number of piperidine rings is 1. The van der Waals surface area contributed by atoms with Crippen molar-refractivity contribution in [3.05, 3.63) is 71.8 Å². The van der Waals surface area contributed by atoms with E-state index in [1.807, 2.05) is 12.1 Å². The standard InChI is InChI=1S/C25H27N3O5S/c1-2-23(29)27-24-20-14-28(15-21(20)24)34(31,32)19-8-6-17(7-9-19)25(30)26-13-16-5-10-22-18(12-16)4-3-11-33-22/h2,5-10,12,20-21,24H,1,3-4,11,13-15H2,(H,26,30)(H,27,29). The van der Waals surface area contributed by atoms with Crippen LogP contribution >= 0.6 is 0 Å². The molecule has 2 aromatic carbocycles. The van der Waals surface area contributed by atoms with Gasteiger partial charge < -0.3 is 15.4 Å². The highest BCUT2D eigenvalue weighted by Gasteiger charge is 2.58. The third-order valence-corrected chi connectivity index (χ3v) is 8.68. The molecule has 2 aromatic rings. The minimum absolute atomic E-state index is 0.0191. The van der Waals surface area contributed by atoms with Gasteiger partial charge in [0.05, 0.1) is 11.5 Å². The predicted octanol–water partition coefficient (Wildman–Crippen LogP) is 1.86. The molecule has 0 radical (unpaired) electrons. The lowest BCUT2D eigenvalue weighted by Crippen LogP contribution is -2.37. The Labute approximate surface area is 199 Å². The lowest BCUT2D eigenvalue weighted by atomic mass is 10.0. The average molecular weight is 482 g/mol. The average Bonchev–Trinajstić information content (AvgIpc) is 3.27. The van der Waals surface area contributed by atoms with Gasteiger partial charge in [0.15, 0.2) is 0 Å². The van der Waals surface area contributed by atoms with Crippen molar-refractivity contribution < 1.29 is 22.7 Å². The number of benzene rings is 2. The molecule has 0 aromatic heterocycles. The first-order valence-corrected chi connectivity index (χ1v) is 12.9. The van der Waals surface area contributed by atoms with Crippen LogP contribution in [0, 0.1) is 11.8 Å². The molecule has 178 valence electrons. The second-order valence-corrected chi connectivity index (χ2v) is 10.9. The van der Waals surface area contributed by atoms with Crippen LogP contribution in [0.2, 0.25) is 0 Å². The van der Waals surface area contributed by atoms with E-state index in [1.165, 1.54) is 34.6 Å². The third-order valence-electron chi connectivity index (χ3n) is 6.84. The SMILES string of the molecule is C=CC(=O)NC1C2CN(S(=O)(=O)c3ccc(C(=O)NCc4ccc5c(c4)CCCO5)cc3)CC21. The van der Waals surface area contributed by atoms with Gasteiger partial charge in [-0.25, -0.2) is 8.42 Å². The van der Waals surface area contributed by atoms with Crippen LogP contribution in [0.4, 0.5) is 0 Å². The topological polar surface area (TPSA) is 105 Å². The molecule has 5 rings (SSSR count). The summed E-state index contributed by atoms with van der Waals surface area (Å²) in [6.45, 7) is 5.32. The van der Waals surface area contributed by atoms with Crippen molar-refractivity contribution in [2.45, 2.75) is 30.3 Å². The van der Waals surface area contributed by atoms with Gasteiger partial charge >= 0.3 is 0 Å². The quantitative estimate of drug-likeness (QED) is 0.588. The van der Waals surface area contributed by atoms with E-state index in [9.17, 15) is 18.0 Å². The Bertz CT molecular complexity index is 1230. The highest BCUT2D eigenvalue weighted by atomic mass is 32.2. The van der Waals surface area contributed by atoms with Gasteiger partial charge in [-0.05, 0) is 72.2 Å². The molecule has 34 heavy (non-hydrogen) atoms. The molecule has 2 fully saturated rings. The Morgan fingerprint density at radius 3 is 2.56 bits per heavy atom. The zero-order valence-corrected chi connectivity index (χ0v) is 19.5. The number of fused-ring (bicyclic) bond motifs is 2. The molecule has 8 nitrogen and oxygen atoms in total. The van der Waals surface area contributed by atoms with Gasteiger partial charge in [-0.3, -0.25) is 9.59 Å². The molecule has 1 saturated carbocycles. The van der Waals surface area contributed by atoms with Crippen LogP contribution in [-0.2, 0) is 27.8 Å². The molecule has 2 unspecified atom stereocenters. The van der Waals surface area contributed by atoms with Crippen LogP contribution in [0.15, 0.2) is 60.0 Å². The van der Waals surface area contributed by atoms with Gasteiger partial charge in [0.1, 0.15) is 5.75 Å². The van der Waals surface area contributed by atoms with Crippen LogP contribution < -0.4 is 15.4 Å². The normalized spacial score (nSPS) is 23.2. The second kappa shape index (κ2) is 8.88. The van der Waals surface area contributed by atoms with E-state index in [0.29, 0.717) is 25.2 Å². The summed E-state index contributed by atoms with van der Waals surface area (Å²) in [5, 5.41) is 5.74. The first kappa shape index (κ1) is 22.6. The fourth-order valence-electron chi connectivity index (χ4n) is 4.86. The van der Waals surface area contributed by atoms with Crippen LogP contribution in [0.1, 0.15) is 27.9 Å². The summed E-state index contributed by atoms with van der Waals surface area (Å²) in [7, 11) is -3.65. The van der Waals surface area contributed by atoms with E-state index < -0.39 is 10.0 Å². The predicted molar refractivity (Wildman–Crippen MR) is 126 cm³/mol. The number of nitrogens with zero attached hydrogens (tertiary/aromatic N) is 1. The fourth-order valence-corrected chi connectivity index (χ4v) is 6.37. The minimum Gasteiger partial charge on any atom is -0.493 e. The number of carbonyl (C=O) groups is 2. The minimum atomic E-state index is -3.65. The van der Waals surface area contributed by atoms with E-state index in [0.717, 1.165) is 36.3 Å². The molecule has 2 atom stereocenters. The van der Waals surface area contributed by atoms with E-state index in [4.69, 9.17) is 4.74 Å². The Morgan fingerprint density at radius 2 is 1.85 bits per heavy atom. The Morgan fingerprint density at radius 1 is 1.12 bits per heavy atom. The molecular weight excluding hydrogens is 454 g/mol. The van der Waals surface area contributed by atoms with Crippen molar-refractivity contribution in [2.24, 2.45) is 11.8 Å². The van der Waals surface area contributed by atoms with Gasteiger partial charge in [0, 0.05) is 31.2 Å². The molecule has 1 saturated heterocycles. The maximum absolute atomic E-state index is 13.0. The summed E-state index contributed by atoms with van der Waals surface area (Å²) >= 11 is 0. The van der Waals surface area contributed by atoms with Gasteiger partial charge in [0.2, 0.25) is 15.9 Å². The number of hydrogen-bond acceptors (Lipinski definition) is 5. The zero-order chi connectivity index (χ0) is 23.9. The van der Waals surface area contributed by atoms with Crippen molar-refractivity contribution >= 4 is 21.8 Å². The summed E-state index contributed by atoms with van der Waals surface area (Å²) in [6.07, 6.45) is 3.18. The van der Waals surface area contributed by atoms with Crippen molar-refractivity contribution in [3.63, 3.8) is 0 Å². The number of aryl methyl sites for hydroxylation is 1. The third kappa shape index (κ3) is 4.33. The molecule has 2 amide bonds. The summed E-state index contributed by atoms with van der Waals surface area (Å²) in [5.74, 6) is 0.688. The van der Waals surface area contributed by atoms with Crippen LogP contribution in [0.3, 0.4) is 0 Å². The van der Waals surface area contributed by atoms with E-state index in [-0.39, 0.29) is 34.6 Å². The van der Waals surface area contributed by atoms with Crippen molar-refractivity contribution in [1.29, 1.82) is 0 Å². The Kier molecular flexibility index (Phi) is 5.91. The molecule has 3 aliphatic rings. The largest absolute Gasteiger partial charge is 0.493 e. The fraction of sp³-hybridized carbons (Fsp3) is 0.360.